The van der Waals surface area contributed by atoms with Crippen LogP contribution in [-0.4, -0.2) is 65.1 Å². The Balaban J connectivity index is 1.47. The second-order valence-electron chi connectivity index (χ2n) is 8.56. The van der Waals surface area contributed by atoms with Gasteiger partial charge in [0.2, 0.25) is 23.5 Å². The number of amides is 2. The highest BCUT2D eigenvalue weighted by molar-refractivity contribution is 6.30. The lowest BCUT2D eigenvalue weighted by Gasteiger charge is -2.35. The molecule has 0 spiro atoms. The summed E-state index contributed by atoms with van der Waals surface area (Å²) < 4.78 is 10.7. The maximum absolute atomic E-state index is 13.4. The van der Waals surface area contributed by atoms with Crippen LogP contribution < -0.4 is 0 Å². The summed E-state index contributed by atoms with van der Waals surface area (Å²) >= 11 is 5.98. The molecule has 1 unspecified atom stereocenters. The summed E-state index contributed by atoms with van der Waals surface area (Å²) in [7, 11) is 1.57. The number of nitrogens with zero attached hydrogens (tertiary/aromatic N) is 4. The maximum atomic E-state index is 13.4. The van der Waals surface area contributed by atoms with Crippen LogP contribution in [0, 0.1) is 0 Å². The van der Waals surface area contributed by atoms with E-state index in [1.165, 1.54) is 11.0 Å². The number of ether oxygens (including phenoxy) is 1. The Hall–Kier alpha value is -3.49. The normalized spacial score (nSPS) is 15.8. The molecule has 0 radical (unpaired) electrons. The zero-order valence-electron chi connectivity index (χ0n) is 20.2. The standard InChI is InChI=1S/C27H29ClN4O4/c1-35-18-17-31(24(33)15-10-20-7-3-2-4-8-20)19-25(34)32-16-6-5-9-23(32)27-29-26(30-36-27)21-11-13-22(28)14-12-21/h2-4,7-8,10-15,23H,5-6,9,16-19H2,1H3/b15-10+. The second-order valence-corrected chi connectivity index (χ2v) is 8.99. The molecule has 0 bridgehead atoms. The molecule has 1 aliphatic rings. The Morgan fingerprint density at radius 2 is 1.94 bits per heavy atom. The predicted molar refractivity (Wildman–Crippen MR) is 137 cm³/mol. The Kier molecular flexibility index (Phi) is 8.86. The molecule has 188 valence electrons. The fraction of sp³-hybridized carbons (Fsp3) is 0.333. The van der Waals surface area contributed by atoms with E-state index in [4.69, 9.17) is 20.9 Å². The van der Waals surface area contributed by atoms with Crippen molar-refractivity contribution in [3.8, 4) is 11.4 Å². The highest BCUT2D eigenvalue weighted by atomic mass is 35.5. The molecule has 0 saturated carbocycles. The largest absolute Gasteiger partial charge is 0.383 e. The SMILES string of the molecule is COCCN(CC(=O)N1CCCCC1c1nc(-c2ccc(Cl)cc2)no1)C(=O)/C=C/c1ccccc1. The van der Waals surface area contributed by atoms with Gasteiger partial charge in [-0.15, -0.1) is 0 Å². The van der Waals surface area contributed by atoms with Crippen molar-refractivity contribution in [2.45, 2.75) is 25.3 Å². The minimum Gasteiger partial charge on any atom is -0.383 e. The summed E-state index contributed by atoms with van der Waals surface area (Å²) in [6.07, 6.45) is 5.77. The van der Waals surface area contributed by atoms with Crippen molar-refractivity contribution in [2.75, 3.05) is 33.4 Å². The average Bonchev–Trinajstić information content (AvgIpc) is 3.41. The third-order valence-corrected chi connectivity index (χ3v) is 6.33. The van der Waals surface area contributed by atoms with E-state index in [0.29, 0.717) is 42.9 Å². The van der Waals surface area contributed by atoms with Crippen molar-refractivity contribution in [3.05, 3.63) is 77.2 Å². The Bertz CT molecular complexity index is 1180. The monoisotopic (exact) mass is 508 g/mol. The number of carbonyl (C=O) groups excluding carboxylic acids is 2. The van der Waals surface area contributed by atoms with Gasteiger partial charge in [-0.1, -0.05) is 47.1 Å². The molecule has 1 saturated heterocycles. The topological polar surface area (TPSA) is 88.8 Å². The van der Waals surface area contributed by atoms with Gasteiger partial charge in [0.1, 0.15) is 12.6 Å². The average molecular weight is 509 g/mol. The first-order chi connectivity index (χ1) is 17.5. The number of carbonyl (C=O) groups is 2. The minimum atomic E-state index is -0.334. The summed E-state index contributed by atoms with van der Waals surface area (Å²) in [5.41, 5.74) is 1.69. The van der Waals surface area contributed by atoms with E-state index in [1.807, 2.05) is 42.5 Å². The number of aromatic nitrogens is 2. The van der Waals surface area contributed by atoms with E-state index in [-0.39, 0.29) is 24.4 Å². The molecule has 8 nitrogen and oxygen atoms in total. The van der Waals surface area contributed by atoms with Crippen molar-refractivity contribution >= 4 is 29.5 Å². The number of halogens is 1. The van der Waals surface area contributed by atoms with E-state index >= 15 is 0 Å². The van der Waals surface area contributed by atoms with Crippen molar-refractivity contribution in [1.29, 1.82) is 0 Å². The summed E-state index contributed by atoms with van der Waals surface area (Å²) in [5.74, 6) is 0.429. The van der Waals surface area contributed by atoms with Crippen LogP contribution in [-0.2, 0) is 14.3 Å². The fourth-order valence-electron chi connectivity index (χ4n) is 4.13. The molecule has 2 aromatic carbocycles. The smallest absolute Gasteiger partial charge is 0.249 e. The fourth-order valence-corrected chi connectivity index (χ4v) is 4.26. The van der Waals surface area contributed by atoms with E-state index < -0.39 is 0 Å². The van der Waals surface area contributed by atoms with Gasteiger partial charge in [-0.05, 0) is 55.2 Å². The molecule has 2 heterocycles. The van der Waals surface area contributed by atoms with Crippen LogP contribution in [0.1, 0.15) is 36.8 Å². The van der Waals surface area contributed by atoms with Crippen molar-refractivity contribution in [2.24, 2.45) is 0 Å². The third-order valence-electron chi connectivity index (χ3n) is 6.07. The first-order valence-corrected chi connectivity index (χ1v) is 12.3. The number of benzene rings is 2. The van der Waals surface area contributed by atoms with Gasteiger partial charge >= 0.3 is 0 Å². The number of hydrogen-bond acceptors (Lipinski definition) is 6. The zero-order valence-corrected chi connectivity index (χ0v) is 20.9. The number of rotatable bonds is 9. The second kappa shape index (κ2) is 12.5. The molecular weight excluding hydrogens is 480 g/mol. The van der Waals surface area contributed by atoms with Crippen LogP contribution in [0.3, 0.4) is 0 Å². The van der Waals surface area contributed by atoms with Crippen LogP contribution in [0.25, 0.3) is 17.5 Å². The molecule has 1 aliphatic heterocycles. The first-order valence-electron chi connectivity index (χ1n) is 11.9. The minimum absolute atomic E-state index is 0.0595. The van der Waals surface area contributed by atoms with Gasteiger partial charge in [0, 0.05) is 36.9 Å². The van der Waals surface area contributed by atoms with E-state index in [2.05, 4.69) is 10.1 Å². The highest BCUT2D eigenvalue weighted by Crippen LogP contribution is 2.31. The number of likely N-dealkylation sites (tertiary alicyclic amines) is 1. The molecule has 1 fully saturated rings. The molecular formula is C27H29ClN4O4. The zero-order chi connectivity index (χ0) is 25.3. The van der Waals surface area contributed by atoms with Crippen LogP contribution in [0.5, 0.6) is 0 Å². The van der Waals surface area contributed by atoms with Gasteiger partial charge in [-0.25, -0.2) is 0 Å². The summed E-state index contributed by atoms with van der Waals surface area (Å²) in [5, 5.41) is 4.73. The number of piperidine rings is 1. The molecule has 9 heteroatoms. The summed E-state index contributed by atoms with van der Waals surface area (Å²) in [4.78, 5) is 34.2. The Morgan fingerprint density at radius 3 is 2.69 bits per heavy atom. The van der Waals surface area contributed by atoms with Crippen LogP contribution >= 0.6 is 11.6 Å². The van der Waals surface area contributed by atoms with Crippen LogP contribution in [0.4, 0.5) is 0 Å². The van der Waals surface area contributed by atoms with Crippen molar-refractivity contribution in [1.82, 2.24) is 19.9 Å². The quantitative estimate of drug-likeness (QED) is 0.391. The van der Waals surface area contributed by atoms with Gasteiger partial charge in [0.05, 0.1) is 6.61 Å². The molecule has 2 amide bonds. The molecule has 4 rings (SSSR count). The van der Waals surface area contributed by atoms with E-state index in [9.17, 15) is 9.59 Å². The Labute approximate surface area is 215 Å². The maximum Gasteiger partial charge on any atom is 0.249 e. The molecule has 36 heavy (non-hydrogen) atoms. The molecule has 3 aromatic rings. The lowest BCUT2D eigenvalue weighted by molar-refractivity contribution is -0.141. The molecule has 1 atom stereocenters. The number of methoxy groups -OCH3 is 1. The van der Waals surface area contributed by atoms with Crippen LogP contribution in [0.2, 0.25) is 5.02 Å². The molecule has 0 N–H and O–H groups in total. The van der Waals surface area contributed by atoms with Crippen molar-refractivity contribution < 1.29 is 18.8 Å². The first kappa shape index (κ1) is 25.6. The Morgan fingerprint density at radius 1 is 1.17 bits per heavy atom. The van der Waals surface area contributed by atoms with E-state index in [1.54, 1.807) is 30.2 Å². The summed E-state index contributed by atoms with van der Waals surface area (Å²) in [6.45, 7) is 1.14. The van der Waals surface area contributed by atoms with E-state index in [0.717, 1.165) is 24.0 Å². The van der Waals surface area contributed by atoms with Gasteiger partial charge in [0.15, 0.2) is 0 Å². The summed E-state index contributed by atoms with van der Waals surface area (Å²) in [6, 6.07) is 16.4. The molecule has 1 aromatic heterocycles. The number of hydrogen-bond donors (Lipinski definition) is 0. The van der Waals surface area contributed by atoms with Crippen LogP contribution in [0.15, 0.2) is 65.2 Å². The van der Waals surface area contributed by atoms with Gasteiger partial charge in [-0.2, -0.15) is 4.98 Å². The highest BCUT2D eigenvalue weighted by Gasteiger charge is 2.33. The predicted octanol–water partition coefficient (Wildman–Crippen LogP) is 4.63. The molecule has 0 aliphatic carbocycles. The lowest BCUT2D eigenvalue weighted by atomic mass is 10.0. The van der Waals surface area contributed by atoms with Gasteiger partial charge < -0.3 is 19.1 Å². The lowest BCUT2D eigenvalue weighted by Crippen LogP contribution is -2.46. The van der Waals surface area contributed by atoms with Crippen molar-refractivity contribution in [3.63, 3.8) is 0 Å². The van der Waals surface area contributed by atoms with Gasteiger partial charge in [0.25, 0.3) is 0 Å². The van der Waals surface area contributed by atoms with Gasteiger partial charge in [-0.3, -0.25) is 9.59 Å². The third kappa shape index (κ3) is 6.59.